The first-order chi connectivity index (χ1) is 13.6. The van der Waals surface area contributed by atoms with Crippen LogP contribution in [0.4, 0.5) is 5.82 Å². The van der Waals surface area contributed by atoms with Crippen LogP contribution in [-0.2, 0) is 0 Å². The Bertz CT molecular complexity index is 1310. The molecule has 0 spiro atoms. The Kier molecular flexibility index (Phi) is 3.77. The van der Waals surface area contributed by atoms with Crippen LogP contribution < -0.4 is 5.73 Å². The summed E-state index contributed by atoms with van der Waals surface area (Å²) in [5.74, 6) is 0.466. The van der Waals surface area contributed by atoms with Crippen LogP contribution in [0, 0.1) is 0 Å². The first-order valence-electron chi connectivity index (χ1n) is 8.80. The molecule has 4 heterocycles. The fraction of sp³-hybridized carbons (Fsp3) is 0.100. The Morgan fingerprint density at radius 1 is 1.07 bits per heavy atom. The second-order valence-electron chi connectivity index (χ2n) is 6.56. The van der Waals surface area contributed by atoms with Gasteiger partial charge in [0.15, 0.2) is 10.8 Å². The minimum absolute atomic E-state index is 0.0602. The number of hydrogen-bond donors (Lipinski definition) is 1. The second kappa shape index (κ2) is 6.31. The van der Waals surface area contributed by atoms with Gasteiger partial charge in [-0.05, 0) is 19.1 Å². The average Bonchev–Trinajstić information content (AvgIpc) is 3.32. The van der Waals surface area contributed by atoms with E-state index in [1.165, 1.54) is 6.33 Å². The van der Waals surface area contributed by atoms with E-state index in [-0.39, 0.29) is 6.04 Å². The van der Waals surface area contributed by atoms with Crippen LogP contribution in [0.2, 0.25) is 5.15 Å². The smallest absolute Gasteiger partial charge is 0.155 e. The number of fused-ring (bicyclic) bond motifs is 2. The Hall–Kier alpha value is -3.45. The summed E-state index contributed by atoms with van der Waals surface area (Å²) in [6, 6.07) is 13.9. The lowest BCUT2D eigenvalue weighted by Gasteiger charge is -2.19. The highest BCUT2D eigenvalue weighted by atomic mass is 35.5. The van der Waals surface area contributed by atoms with Crippen LogP contribution in [0.15, 0.2) is 61.2 Å². The van der Waals surface area contributed by atoms with Crippen LogP contribution in [0.5, 0.6) is 0 Å². The monoisotopic (exact) mass is 389 g/mol. The highest BCUT2D eigenvalue weighted by Gasteiger charge is 2.20. The zero-order chi connectivity index (χ0) is 19.3. The molecule has 4 aromatic heterocycles. The fourth-order valence-electron chi connectivity index (χ4n) is 3.49. The van der Waals surface area contributed by atoms with E-state index in [4.69, 9.17) is 22.4 Å². The number of halogens is 1. The van der Waals surface area contributed by atoms with Gasteiger partial charge in [0, 0.05) is 17.3 Å². The van der Waals surface area contributed by atoms with E-state index in [0.29, 0.717) is 16.6 Å². The summed E-state index contributed by atoms with van der Waals surface area (Å²) in [6.45, 7) is 2.10. The normalized spacial score (nSPS) is 12.6. The van der Waals surface area contributed by atoms with Crippen molar-refractivity contribution in [3.8, 4) is 11.3 Å². The Labute approximate surface area is 165 Å². The molecular formula is C20H16ClN7. The van der Waals surface area contributed by atoms with Gasteiger partial charge in [-0.1, -0.05) is 41.9 Å². The SMILES string of the molecule is C[C@@H](c1cc2ncc(Cl)n2nc1-c1ccccc1)n1ccc2c(N)ncnc21. The van der Waals surface area contributed by atoms with E-state index in [1.807, 2.05) is 48.7 Å². The van der Waals surface area contributed by atoms with Gasteiger partial charge in [0.25, 0.3) is 0 Å². The van der Waals surface area contributed by atoms with Crippen LogP contribution in [0.1, 0.15) is 18.5 Å². The number of benzene rings is 1. The van der Waals surface area contributed by atoms with Crippen LogP contribution >= 0.6 is 11.6 Å². The van der Waals surface area contributed by atoms with Crippen molar-refractivity contribution in [3.05, 3.63) is 71.9 Å². The van der Waals surface area contributed by atoms with Gasteiger partial charge in [0.05, 0.1) is 23.3 Å². The van der Waals surface area contributed by atoms with E-state index in [1.54, 1.807) is 10.7 Å². The van der Waals surface area contributed by atoms with Crippen molar-refractivity contribution in [2.75, 3.05) is 5.73 Å². The van der Waals surface area contributed by atoms with Crippen LogP contribution in [-0.4, -0.2) is 29.1 Å². The maximum Gasteiger partial charge on any atom is 0.155 e. The Morgan fingerprint density at radius 2 is 1.89 bits per heavy atom. The summed E-state index contributed by atoms with van der Waals surface area (Å²) in [4.78, 5) is 12.9. The molecule has 5 aromatic rings. The Morgan fingerprint density at radius 3 is 2.71 bits per heavy atom. The van der Waals surface area contributed by atoms with Gasteiger partial charge < -0.3 is 10.3 Å². The molecule has 2 N–H and O–H groups in total. The zero-order valence-corrected chi connectivity index (χ0v) is 15.7. The van der Waals surface area contributed by atoms with Crippen molar-refractivity contribution in [2.24, 2.45) is 0 Å². The molecule has 1 aromatic carbocycles. The Balaban J connectivity index is 1.76. The third-order valence-electron chi connectivity index (χ3n) is 4.94. The molecule has 0 aliphatic rings. The third-order valence-corrected chi connectivity index (χ3v) is 5.19. The number of imidazole rings is 1. The van der Waals surface area contributed by atoms with Crippen LogP contribution in [0.3, 0.4) is 0 Å². The van der Waals surface area contributed by atoms with E-state index in [2.05, 4.69) is 26.4 Å². The molecule has 0 saturated heterocycles. The predicted octanol–water partition coefficient (Wildman–Crippen LogP) is 3.99. The van der Waals surface area contributed by atoms with Crippen molar-refractivity contribution in [3.63, 3.8) is 0 Å². The average molecular weight is 390 g/mol. The van der Waals surface area contributed by atoms with E-state index < -0.39 is 0 Å². The quantitative estimate of drug-likeness (QED) is 0.504. The summed E-state index contributed by atoms with van der Waals surface area (Å²) in [6.07, 6.45) is 5.05. The van der Waals surface area contributed by atoms with Crippen molar-refractivity contribution >= 4 is 34.1 Å². The highest BCUT2D eigenvalue weighted by Crippen LogP contribution is 2.32. The number of nitrogen functional groups attached to an aromatic ring is 1. The van der Waals surface area contributed by atoms with Gasteiger partial charge in [-0.15, -0.1) is 0 Å². The van der Waals surface area contributed by atoms with Crippen LogP contribution in [0.25, 0.3) is 27.9 Å². The summed E-state index contributed by atoms with van der Waals surface area (Å²) >= 11 is 6.26. The standard InChI is InChI=1S/C20H16ClN7/c1-12(27-8-7-14-19(22)24-11-25-20(14)27)15-9-17-23-10-16(21)28(17)26-18(15)13-5-3-2-4-6-13/h2-12H,1H3,(H2,22,24,25)/t12-/m0/s1. The summed E-state index contributed by atoms with van der Waals surface area (Å²) in [5.41, 5.74) is 10.3. The molecule has 0 radical (unpaired) electrons. The molecule has 138 valence electrons. The molecule has 0 unspecified atom stereocenters. The fourth-order valence-corrected chi connectivity index (χ4v) is 3.67. The molecule has 0 amide bonds. The lowest BCUT2D eigenvalue weighted by Crippen LogP contribution is -2.11. The van der Waals surface area contributed by atoms with E-state index in [9.17, 15) is 0 Å². The summed E-state index contributed by atoms with van der Waals surface area (Å²) < 4.78 is 3.71. The molecule has 28 heavy (non-hydrogen) atoms. The number of nitrogens with zero attached hydrogens (tertiary/aromatic N) is 6. The molecule has 5 rings (SSSR count). The number of rotatable bonds is 3. The molecule has 7 nitrogen and oxygen atoms in total. The number of hydrogen-bond acceptors (Lipinski definition) is 5. The zero-order valence-electron chi connectivity index (χ0n) is 15.0. The van der Waals surface area contributed by atoms with Crippen molar-refractivity contribution in [1.29, 1.82) is 0 Å². The maximum atomic E-state index is 6.26. The van der Waals surface area contributed by atoms with Gasteiger partial charge in [0.1, 0.15) is 17.8 Å². The van der Waals surface area contributed by atoms with Crippen molar-refractivity contribution in [2.45, 2.75) is 13.0 Å². The predicted molar refractivity (Wildman–Crippen MR) is 109 cm³/mol. The first kappa shape index (κ1) is 16.7. The summed E-state index contributed by atoms with van der Waals surface area (Å²) in [7, 11) is 0. The first-order valence-corrected chi connectivity index (χ1v) is 9.18. The molecule has 0 bridgehead atoms. The molecule has 1 atom stereocenters. The van der Waals surface area contributed by atoms with Gasteiger partial charge in [-0.2, -0.15) is 5.10 Å². The van der Waals surface area contributed by atoms with Crippen molar-refractivity contribution in [1.82, 2.24) is 29.1 Å². The number of anilines is 1. The molecular weight excluding hydrogens is 374 g/mol. The number of aromatic nitrogens is 6. The minimum atomic E-state index is -0.0602. The second-order valence-corrected chi connectivity index (χ2v) is 6.95. The maximum absolute atomic E-state index is 6.26. The number of nitrogens with two attached hydrogens (primary N) is 1. The molecule has 0 aliphatic heterocycles. The van der Waals surface area contributed by atoms with E-state index >= 15 is 0 Å². The lowest BCUT2D eigenvalue weighted by molar-refractivity contribution is 0.653. The van der Waals surface area contributed by atoms with Gasteiger partial charge in [-0.25, -0.2) is 19.5 Å². The van der Waals surface area contributed by atoms with E-state index in [0.717, 1.165) is 27.9 Å². The lowest BCUT2D eigenvalue weighted by atomic mass is 10.0. The molecule has 0 fully saturated rings. The largest absolute Gasteiger partial charge is 0.383 e. The van der Waals surface area contributed by atoms with Gasteiger partial charge in [-0.3, -0.25) is 0 Å². The molecule has 0 saturated carbocycles. The molecule has 8 heteroatoms. The van der Waals surface area contributed by atoms with Gasteiger partial charge in [0.2, 0.25) is 0 Å². The molecule has 0 aliphatic carbocycles. The topological polar surface area (TPSA) is 86.9 Å². The highest BCUT2D eigenvalue weighted by molar-refractivity contribution is 6.29. The summed E-state index contributed by atoms with van der Waals surface area (Å²) in [5, 5.41) is 6.08. The van der Waals surface area contributed by atoms with Crippen molar-refractivity contribution < 1.29 is 0 Å². The minimum Gasteiger partial charge on any atom is -0.383 e. The van der Waals surface area contributed by atoms with Gasteiger partial charge >= 0.3 is 0 Å². The third kappa shape index (κ3) is 2.51.